The summed E-state index contributed by atoms with van der Waals surface area (Å²) in [4.78, 5) is 26.4. The van der Waals surface area contributed by atoms with Gasteiger partial charge in [0.05, 0.1) is 24.9 Å². The second kappa shape index (κ2) is 6.51. The molecule has 1 heterocycles. The molecule has 3 N–H and O–H groups in total. The summed E-state index contributed by atoms with van der Waals surface area (Å²) in [6.45, 7) is 0.497. The summed E-state index contributed by atoms with van der Waals surface area (Å²) >= 11 is 0. The molecule has 0 saturated carbocycles. The zero-order valence-electron chi connectivity index (χ0n) is 11.5. The van der Waals surface area contributed by atoms with Gasteiger partial charge in [-0.3, -0.25) is 9.78 Å². The number of esters is 1. The molecule has 0 unspecified atom stereocenters. The number of hydrogen-bond acceptors (Lipinski definition) is 5. The molecule has 0 aliphatic rings. The van der Waals surface area contributed by atoms with Gasteiger partial charge in [0.1, 0.15) is 0 Å². The molecule has 0 atom stereocenters. The lowest BCUT2D eigenvalue weighted by Crippen LogP contribution is -2.10. The van der Waals surface area contributed by atoms with E-state index in [9.17, 15) is 9.59 Å². The molecule has 0 spiro atoms. The van der Waals surface area contributed by atoms with Crippen LogP contribution in [0.15, 0.2) is 42.6 Å². The maximum Gasteiger partial charge on any atom is 0.339 e. The van der Waals surface area contributed by atoms with Crippen LogP contribution < -0.4 is 11.1 Å². The van der Waals surface area contributed by atoms with Crippen LogP contribution in [0.25, 0.3) is 0 Å². The van der Waals surface area contributed by atoms with Gasteiger partial charge in [0.25, 0.3) is 0 Å². The summed E-state index contributed by atoms with van der Waals surface area (Å²) in [7, 11) is 1.33. The molecule has 1 aromatic carbocycles. The smallest absolute Gasteiger partial charge is 0.339 e. The van der Waals surface area contributed by atoms with Crippen molar-refractivity contribution in [1.29, 1.82) is 0 Å². The lowest BCUT2D eigenvalue weighted by molar-refractivity contribution is 0.0600. The van der Waals surface area contributed by atoms with E-state index in [1.807, 2.05) is 0 Å². The molecular weight excluding hydrogens is 270 g/mol. The number of nitrogens with zero attached hydrogens (tertiary/aromatic N) is 1. The predicted octanol–water partition coefficient (Wildman–Crippen LogP) is 1.58. The van der Waals surface area contributed by atoms with Gasteiger partial charge in [0, 0.05) is 17.4 Å². The molecule has 0 radical (unpaired) electrons. The molecular formula is C15H15N3O3. The van der Waals surface area contributed by atoms with Gasteiger partial charge in [0.15, 0.2) is 0 Å². The van der Waals surface area contributed by atoms with Gasteiger partial charge in [-0.2, -0.15) is 0 Å². The van der Waals surface area contributed by atoms with E-state index < -0.39 is 11.9 Å². The third-order valence-electron chi connectivity index (χ3n) is 2.89. The van der Waals surface area contributed by atoms with Gasteiger partial charge in [0.2, 0.25) is 5.91 Å². The highest BCUT2D eigenvalue weighted by molar-refractivity contribution is 5.93. The first kappa shape index (κ1) is 14.5. The molecule has 21 heavy (non-hydrogen) atoms. The monoisotopic (exact) mass is 285 g/mol. The highest BCUT2D eigenvalue weighted by Gasteiger charge is 2.05. The highest BCUT2D eigenvalue weighted by Crippen LogP contribution is 2.11. The quantitative estimate of drug-likeness (QED) is 0.813. The van der Waals surface area contributed by atoms with E-state index in [1.54, 1.807) is 36.4 Å². The Kier molecular flexibility index (Phi) is 4.50. The first-order valence-electron chi connectivity index (χ1n) is 6.27. The van der Waals surface area contributed by atoms with E-state index in [-0.39, 0.29) is 0 Å². The second-order valence-electron chi connectivity index (χ2n) is 4.32. The Morgan fingerprint density at radius 3 is 2.33 bits per heavy atom. The van der Waals surface area contributed by atoms with Crippen LogP contribution in [0.5, 0.6) is 0 Å². The minimum atomic E-state index is -0.457. The normalized spacial score (nSPS) is 9.95. The fourth-order valence-electron chi connectivity index (χ4n) is 1.71. The highest BCUT2D eigenvalue weighted by atomic mass is 16.5. The number of pyridine rings is 1. The van der Waals surface area contributed by atoms with Crippen LogP contribution in [0.3, 0.4) is 0 Å². The Balaban J connectivity index is 1.96. The van der Waals surface area contributed by atoms with Gasteiger partial charge >= 0.3 is 5.97 Å². The molecule has 2 rings (SSSR count). The van der Waals surface area contributed by atoms with Gasteiger partial charge in [-0.15, -0.1) is 0 Å². The number of ether oxygens (including phenoxy) is 1. The molecule has 2 aromatic rings. The summed E-state index contributed by atoms with van der Waals surface area (Å²) in [6, 6.07) is 10.2. The number of nitrogens with two attached hydrogens (primary N) is 1. The van der Waals surface area contributed by atoms with Gasteiger partial charge in [-0.25, -0.2) is 4.79 Å². The van der Waals surface area contributed by atoms with Crippen LogP contribution in [-0.4, -0.2) is 24.0 Å². The molecule has 1 aromatic heterocycles. The van der Waals surface area contributed by atoms with Gasteiger partial charge in [-0.1, -0.05) is 0 Å². The fraction of sp³-hybridized carbons (Fsp3) is 0.133. The third-order valence-corrected chi connectivity index (χ3v) is 2.89. The number of primary amides is 1. The number of anilines is 1. The number of hydrogen-bond donors (Lipinski definition) is 2. The summed E-state index contributed by atoms with van der Waals surface area (Å²) in [5, 5.41) is 3.16. The van der Waals surface area contributed by atoms with Crippen molar-refractivity contribution >= 4 is 17.6 Å². The Morgan fingerprint density at radius 2 is 1.81 bits per heavy atom. The van der Waals surface area contributed by atoms with E-state index in [2.05, 4.69) is 15.0 Å². The zero-order valence-corrected chi connectivity index (χ0v) is 11.5. The maximum absolute atomic E-state index is 11.3. The SMILES string of the molecule is COC(=O)c1ccc(CNc2ccc(C(N)=O)cc2)nc1. The molecule has 108 valence electrons. The zero-order chi connectivity index (χ0) is 15.2. The van der Waals surface area contributed by atoms with Crippen LogP contribution in [0.4, 0.5) is 5.69 Å². The molecule has 0 bridgehead atoms. The van der Waals surface area contributed by atoms with E-state index in [0.717, 1.165) is 11.4 Å². The lowest BCUT2D eigenvalue weighted by atomic mass is 10.2. The van der Waals surface area contributed by atoms with E-state index in [0.29, 0.717) is 17.7 Å². The van der Waals surface area contributed by atoms with Crippen molar-refractivity contribution in [2.75, 3.05) is 12.4 Å². The minimum absolute atomic E-state index is 0.409. The first-order chi connectivity index (χ1) is 10.1. The van der Waals surface area contributed by atoms with Crippen molar-refractivity contribution in [2.45, 2.75) is 6.54 Å². The van der Waals surface area contributed by atoms with Crippen molar-refractivity contribution in [1.82, 2.24) is 4.98 Å². The van der Waals surface area contributed by atoms with Crippen molar-refractivity contribution in [3.63, 3.8) is 0 Å². The molecule has 0 aliphatic heterocycles. The summed E-state index contributed by atoms with van der Waals surface area (Å²) in [5.41, 5.74) is 7.67. The number of carbonyl (C=O) groups excluding carboxylic acids is 2. The molecule has 1 amide bonds. The van der Waals surface area contributed by atoms with Crippen LogP contribution in [0.2, 0.25) is 0 Å². The average Bonchev–Trinajstić information content (AvgIpc) is 2.53. The van der Waals surface area contributed by atoms with Gasteiger partial charge < -0.3 is 15.8 Å². The lowest BCUT2D eigenvalue weighted by Gasteiger charge is -2.07. The third kappa shape index (κ3) is 3.79. The molecule has 0 fully saturated rings. The number of nitrogens with one attached hydrogen (secondary N) is 1. The Labute approximate surface area is 121 Å². The van der Waals surface area contributed by atoms with Crippen LogP contribution in [0.1, 0.15) is 26.4 Å². The molecule has 6 heteroatoms. The molecule has 0 aliphatic carbocycles. The number of rotatable bonds is 5. The van der Waals surface area contributed by atoms with Crippen LogP contribution in [-0.2, 0) is 11.3 Å². The number of carbonyl (C=O) groups is 2. The largest absolute Gasteiger partial charge is 0.465 e. The van der Waals surface area contributed by atoms with Crippen molar-refractivity contribution in [3.8, 4) is 0 Å². The Hall–Kier alpha value is -2.89. The van der Waals surface area contributed by atoms with E-state index >= 15 is 0 Å². The van der Waals surface area contributed by atoms with Crippen molar-refractivity contribution in [2.24, 2.45) is 5.73 Å². The summed E-state index contributed by atoms with van der Waals surface area (Å²) in [5.74, 6) is -0.870. The second-order valence-corrected chi connectivity index (χ2v) is 4.32. The van der Waals surface area contributed by atoms with E-state index in [1.165, 1.54) is 13.3 Å². The van der Waals surface area contributed by atoms with Crippen molar-refractivity contribution in [3.05, 3.63) is 59.4 Å². The fourth-order valence-corrected chi connectivity index (χ4v) is 1.71. The number of aromatic nitrogens is 1. The molecule has 0 saturated heterocycles. The Morgan fingerprint density at radius 1 is 1.14 bits per heavy atom. The summed E-state index contributed by atoms with van der Waals surface area (Å²) in [6.07, 6.45) is 1.47. The maximum atomic E-state index is 11.3. The number of methoxy groups -OCH3 is 1. The van der Waals surface area contributed by atoms with E-state index in [4.69, 9.17) is 5.73 Å². The Bertz CT molecular complexity index is 636. The van der Waals surface area contributed by atoms with Crippen LogP contribution in [0, 0.1) is 0 Å². The summed E-state index contributed by atoms with van der Waals surface area (Å²) < 4.78 is 4.60. The number of amides is 1. The van der Waals surface area contributed by atoms with Crippen LogP contribution >= 0.6 is 0 Å². The average molecular weight is 285 g/mol. The standard InChI is InChI=1S/C15H15N3O3/c1-21-15(20)11-4-7-13(17-8-11)9-18-12-5-2-10(3-6-12)14(16)19/h2-8,18H,9H2,1H3,(H2,16,19). The first-order valence-corrected chi connectivity index (χ1v) is 6.27. The minimum Gasteiger partial charge on any atom is -0.465 e. The number of benzene rings is 1. The van der Waals surface area contributed by atoms with Gasteiger partial charge in [-0.05, 0) is 36.4 Å². The van der Waals surface area contributed by atoms with Crippen molar-refractivity contribution < 1.29 is 14.3 Å². The molecule has 6 nitrogen and oxygen atoms in total. The topological polar surface area (TPSA) is 94.3 Å². The predicted molar refractivity (Wildman–Crippen MR) is 77.9 cm³/mol.